The maximum Gasteiger partial charge on any atom is 0.432 e. The van der Waals surface area contributed by atoms with Crippen LogP contribution in [0, 0.1) is 11.7 Å². The highest BCUT2D eigenvalue weighted by Gasteiger charge is 2.10. The molecule has 0 aliphatic carbocycles. The van der Waals surface area contributed by atoms with E-state index < -0.39 is 14.2 Å². The Balaban J connectivity index is 2.21. The Morgan fingerprint density at radius 1 is 1.22 bits per heavy atom. The molecule has 1 aromatic carbocycles. The van der Waals surface area contributed by atoms with E-state index in [9.17, 15) is 4.79 Å². The van der Waals surface area contributed by atoms with Crippen LogP contribution in [0.3, 0.4) is 0 Å². The quantitative estimate of drug-likeness (QED) is 0.534. The van der Waals surface area contributed by atoms with Gasteiger partial charge in [-0.1, -0.05) is 43.4 Å². The number of rotatable bonds is 0. The highest BCUT2D eigenvalue weighted by Crippen LogP contribution is 2.15. The molecular formula is C14H15NO2Si. The van der Waals surface area contributed by atoms with Gasteiger partial charge in [-0.25, -0.2) is 4.79 Å². The van der Waals surface area contributed by atoms with Gasteiger partial charge < -0.3 is 4.74 Å². The van der Waals surface area contributed by atoms with Gasteiger partial charge in [0, 0.05) is 11.6 Å². The molecule has 0 radical (unpaired) electrons. The van der Waals surface area contributed by atoms with Crippen LogP contribution in [0.1, 0.15) is 0 Å². The Hall–Kier alpha value is -1.99. The first-order valence-electron chi connectivity index (χ1n) is 5.77. The summed E-state index contributed by atoms with van der Waals surface area (Å²) in [6, 6.07) is 9.53. The van der Waals surface area contributed by atoms with Crippen LogP contribution in [0.15, 0.2) is 36.5 Å². The fourth-order valence-electron chi connectivity index (χ4n) is 1.51. The Morgan fingerprint density at radius 3 is 2.67 bits per heavy atom. The Kier molecular flexibility index (Phi) is 3.26. The number of carbonyl (C=O) groups excluding carboxylic acids is 1. The molecular weight excluding hydrogens is 242 g/mol. The van der Waals surface area contributed by atoms with E-state index in [1.807, 2.05) is 30.3 Å². The van der Waals surface area contributed by atoms with Crippen molar-refractivity contribution in [2.45, 2.75) is 19.6 Å². The molecule has 0 unspecified atom stereocenters. The minimum absolute atomic E-state index is 0.457. The first-order valence-corrected chi connectivity index (χ1v) is 9.27. The first kappa shape index (κ1) is 12.5. The molecule has 2 aromatic rings. The van der Waals surface area contributed by atoms with Crippen LogP contribution in [0.5, 0.6) is 0 Å². The van der Waals surface area contributed by atoms with Gasteiger partial charge in [-0.05, 0) is 12.1 Å². The third kappa shape index (κ3) is 2.82. The van der Waals surface area contributed by atoms with Crippen molar-refractivity contribution in [2.24, 2.45) is 0 Å². The SMILES string of the molecule is C[Si](C)(C)C#COC(=O)n1ccc2ccccc21. The lowest BCUT2D eigenvalue weighted by Gasteiger charge is -2.03. The summed E-state index contributed by atoms with van der Waals surface area (Å²) in [5.74, 6) is 0. The molecule has 0 bridgehead atoms. The van der Waals surface area contributed by atoms with Gasteiger partial charge in [0.2, 0.25) is 0 Å². The highest BCUT2D eigenvalue weighted by atomic mass is 28.3. The number of carbonyl (C=O) groups is 1. The molecule has 0 spiro atoms. The van der Waals surface area contributed by atoms with Gasteiger partial charge in [-0.3, -0.25) is 4.57 Å². The van der Waals surface area contributed by atoms with Gasteiger partial charge in [0.15, 0.2) is 0 Å². The van der Waals surface area contributed by atoms with Crippen molar-refractivity contribution < 1.29 is 9.53 Å². The van der Waals surface area contributed by atoms with Crippen LogP contribution in [-0.2, 0) is 4.74 Å². The van der Waals surface area contributed by atoms with Crippen LogP contribution in [0.25, 0.3) is 10.9 Å². The lowest BCUT2D eigenvalue weighted by molar-refractivity contribution is 0.195. The predicted molar refractivity (Wildman–Crippen MR) is 74.9 cm³/mol. The molecule has 4 heteroatoms. The van der Waals surface area contributed by atoms with Crippen LogP contribution in [0.4, 0.5) is 4.79 Å². The Bertz CT molecular complexity index is 641. The molecule has 0 amide bonds. The van der Waals surface area contributed by atoms with E-state index in [1.165, 1.54) is 4.57 Å². The van der Waals surface area contributed by atoms with E-state index in [2.05, 4.69) is 31.3 Å². The fourth-order valence-corrected chi connectivity index (χ4v) is 1.87. The molecule has 0 N–H and O–H groups in total. The first-order chi connectivity index (χ1) is 8.47. The minimum Gasteiger partial charge on any atom is -0.356 e. The summed E-state index contributed by atoms with van der Waals surface area (Å²) in [4.78, 5) is 11.9. The van der Waals surface area contributed by atoms with E-state index >= 15 is 0 Å². The van der Waals surface area contributed by atoms with Crippen molar-refractivity contribution in [1.82, 2.24) is 4.57 Å². The third-order valence-corrected chi connectivity index (χ3v) is 3.21. The molecule has 2 rings (SSSR count). The molecule has 0 saturated carbocycles. The van der Waals surface area contributed by atoms with Gasteiger partial charge >= 0.3 is 6.09 Å². The van der Waals surface area contributed by atoms with E-state index in [0.29, 0.717) is 0 Å². The number of benzene rings is 1. The maximum absolute atomic E-state index is 11.9. The predicted octanol–water partition coefficient (Wildman–Crippen LogP) is 3.46. The van der Waals surface area contributed by atoms with E-state index in [4.69, 9.17) is 4.74 Å². The van der Waals surface area contributed by atoms with Gasteiger partial charge in [0.1, 0.15) is 14.2 Å². The summed E-state index contributed by atoms with van der Waals surface area (Å²) >= 11 is 0. The Labute approximate surface area is 107 Å². The van der Waals surface area contributed by atoms with E-state index in [1.54, 1.807) is 6.20 Å². The lowest BCUT2D eigenvalue weighted by atomic mass is 10.2. The second-order valence-corrected chi connectivity index (χ2v) is 9.84. The van der Waals surface area contributed by atoms with Crippen LogP contribution < -0.4 is 0 Å². The summed E-state index contributed by atoms with van der Waals surface area (Å²) in [5, 5.41) is 1.01. The lowest BCUT2D eigenvalue weighted by Crippen LogP contribution is -2.17. The highest BCUT2D eigenvalue weighted by molar-refractivity contribution is 6.83. The average molecular weight is 257 g/mol. The van der Waals surface area contributed by atoms with Gasteiger partial charge in [0.25, 0.3) is 0 Å². The molecule has 3 nitrogen and oxygen atoms in total. The summed E-state index contributed by atoms with van der Waals surface area (Å²) in [6.07, 6.45) is 3.76. The molecule has 1 aromatic heterocycles. The maximum atomic E-state index is 11.9. The number of nitrogens with zero attached hydrogens (tertiary/aromatic N) is 1. The number of para-hydroxylation sites is 1. The number of hydrogen-bond acceptors (Lipinski definition) is 2. The number of fused-ring (bicyclic) bond motifs is 1. The average Bonchev–Trinajstić information content (AvgIpc) is 2.70. The van der Waals surface area contributed by atoms with Gasteiger partial charge in [0.05, 0.1) is 5.52 Å². The van der Waals surface area contributed by atoms with Crippen LogP contribution in [0.2, 0.25) is 19.6 Å². The number of aromatic nitrogens is 1. The molecule has 0 fully saturated rings. The normalized spacial score (nSPS) is 10.8. The van der Waals surface area contributed by atoms with E-state index in [-0.39, 0.29) is 0 Å². The van der Waals surface area contributed by atoms with Crippen molar-refractivity contribution in [3.05, 3.63) is 36.5 Å². The molecule has 0 aliphatic heterocycles. The second-order valence-electron chi connectivity index (χ2n) is 5.09. The smallest absolute Gasteiger partial charge is 0.356 e. The number of hydrogen-bond donors (Lipinski definition) is 0. The molecule has 0 aliphatic rings. The van der Waals surface area contributed by atoms with Crippen molar-refractivity contribution >= 4 is 25.1 Å². The summed E-state index contributed by atoms with van der Waals surface area (Å²) in [5.41, 5.74) is 3.83. The molecule has 1 heterocycles. The van der Waals surface area contributed by atoms with Gasteiger partial charge in [-0.15, -0.1) is 0 Å². The summed E-state index contributed by atoms with van der Waals surface area (Å²) < 4.78 is 6.43. The van der Waals surface area contributed by atoms with Crippen molar-refractivity contribution in [2.75, 3.05) is 0 Å². The second kappa shape index (κ2) is 4.71. The van der Waals surface area contributed by atoms with Crippen molar-refractivity contribution in [1.29, 1.82) is 0 Å². The molecule has 18 heavy (non-hydrogen) atoms. The monoisotopic (exact) mass is 257 g/mol. The summed E-state index contributed by atoms with van der Waals surface area (Å²) in [6.45, 7) is 6.29. The van der Waals surface area contributed by atoms with Crippen molar-refractivity contribution in [3.63, 3.8) is 0 Å². The molecule has 0 atom stereocenters. The number of ether oxygens (including phenoxy) is 1. The topological polar surface area (TPSA) is 31.2 Å². The third-order valence-electron chi connectivity index (χ3n) is 2.36. The minimum atomic E-state index is -1.51. The molecule has 92 valence electrons. The zero-order chi connectivity index (χ0) is 13.2. The van der Waals surface area contributed by atoms with E-state index in [0.717, 1.165) is 10.9 Å². The largest absolute Gasteiger partial charge is 0.432 e. The fraction of sp³-hybridized carbons (Fsp3) is 0.214. The molecule has 0 saturated heterocycles. The summed E-state index contributed by atoms with van der Waals surface area (Å²) in [7, 11) is -1.51. The van der Waals surface area contributed by atoms with Crippen molar-refractivity contribution in [3.8, 4) is 11.7 Å². The Morgan fingerprint density at radius 2 is 1.94 bits per heavy atom. The zero-order valence-electron chi connectivity index (χ0n) is 10.7. The van der Waals surface area contributed by atoms with Gasteiger partial charge in [-0.2, -0.15) is 0 Å². The zero-order valence-corrected chi connectivity index (χ0v) is 11.7. The van der Waals surface area contributed by atoms with Crippen LogP contribution >= 0.6 is 0 Å². The van der Waals surface area contributed by atoms with Crippen LogP contribution in [-0.4, -0.2) is 18.7 Å². The standard InChI is InChI=1S/C14H15NO2Si/c1-18(2,3)11-10-17-14(16)15-9-8-12-6-4-5-7-13(12)15/h4-9H,1-3H3.